The first kappa shape index (κ1) is 13.1. The first-order chi connectivity index (χ1) is 8.39. The van der Waals surface area contributed by atoms with Crippen LogP contribution in [0, 0.1) is 4.77 Å². The van der Waals surface area contributed by atoms with Crippen molar-refractivity contribution in [2.24, 2.45) is 0 Å². The van der Waals surface area contributed by atoms with Gasteiger partial charge >= 0.3 is 0 Å². The fourth-order valence-electron chi connectivity index (χ4n) is 2.15. The zero-order valence-electron chi connectivity index (χ0n) is 11.3. The predicted molar refractivity (Wildman–Crippen MR) is 75.3 cm³/mol. The van der Waals surface area contributed by atoms with Crippen molar-refractivity contribution in [3.8, 4) is 0 Å². The molecule has 0 spiro atoms. The van der Waals surface area contributed by atoms with Crippen LogP contribution in [0.5, 0.6) is 0 Å². The number of aromatic amines is 1. The number of hydrogen-bond acceptors (Lipinski definition) is 2. The van der Waals surface area contributed by atoms with Crippen LogP contribution in [-0.4, -0.2) is 19.3 Å². The fourth-order valence-corrected chi connectivity index (χ4v) is 2.49. The molecule has 0 saturated carbocycles. The van der Waals surface area contributed by atoms with Crippen LogP contribution < -0.4 is 0 Å². The van der Waals surface area contributed by atoms with E-state index in [1.54, 1.807) is 6.20 Å². The van der Waals surface area contributed by atoms with E-state index in [1.165, 1.54) is 5.69 Å². The van der Waals surface area contributed by atoms with Gasteiger partial charge in [-0.3, -0.25) is 4.68 Å². The normalized spacial score (nSPS) is 13.8. The van der Waals surface area contributed by atoms with Crippen molar-refractivity contribution in [3.63, 3.8) is 0 Å². The summed E-state index contributed by atoms with van der Waals surface area (Å²) in [5.74, 6) is 0. The molecule has 0 radical (unpaired) electrons. The quantitative estimate of drug-likeness (QED) is 0.864. The van der Waals surface area contributed by atoms with E-state index in [1.807, 2.05) is 23.1 Å². The monoisotopic (exact) mass is 264 g/mol. The molecule has 2 rings (SSSR count). The van der Waals surface area contributed by atoms with Crippen LogP contribution in [0.15, 0.2) is 24.7 Å². The maximum absolute atomic E-state index is 5.39. The summed E-state index contributed by atoms with van der Waals surface area (Å²) in [7, 11) is 0. The summed E-state index contributed by atoms with van der Waals surface area (Å²) in [6, 6.07) is 2.21. The van der Waals surface area contributed by atoms with E-state index in [4.69, 9.17) is 12.2 Å². The summed E-state index contributed by atoms with van der Waals surface area (Å²) < 4.78 is 4.91. The Balaban J connectivity index is 2.33. The summed E-state index contributed by atoms with van der Waals surface area (Å²) in [4.78, 5) is 3.15. The van der Waals surface area contributed by atoms with E-state index in [2.05, 4.69) is 42.3 Å². The highest BCUT2D eigenvalue weighted by Crippen LogP contribution is 2.25. The van der Waals surface area contributed by atoms with Gasteiger partial charge in [-0.25, -0.2) is 0 Å². The van der Waals surface area contributed by atoms with E-state index in [0.717, 1.165) is 11.3 Å². The van der Waals surface area contributed by atoms with Crippen LogP contribution in [0.4, 0.5) is 0 Å². The Kier molecular flexibility index (Phi) is 3.43. The number of imidazole rings is 1. The Hall–Kier alpha value is -1.36. The number of hydrogen-bond donors (Lipinski definition) is 1. The van der Waals surface area contributed by atoms with E-state index in [0.29, 0.717) is 0 Å². The fraction of sp³-hybridized carbons (Fsp3) is 0.538. The zero-order valence-corrected chi connectivity index (χ0v) is 12.2. The maximum Gasteiger partial charge on any atom is 0.177 e. The minimum atomic E-state index is 0.0753. The lowest BCUT2D eigenvalue weighted by Gasteiger charge is -2.24. The Morgan fingerprint density at radius 1 is 1.44 bits per heavy atom. The average Bonchev–Trinajstić information content (AvgIpc) is 2.85. The van der Waals surface area contributed by atoms with Gasteiger partial charge in [0, 0.05) is 29.7 Å². The Morgan fingerprint density at radius 2 is 2.17 bits per heavy atom. The second kappa shape index (κ2) is 4.72. The van der Waals surface area contributed by atoms with Crippen molar-refractivity contribution < 1.29 is 0 Å². The lowest BCUT2D eigenvalue weighted by atomic mass is 9.92. The molecule has 1 unspecified atom stereocenters. The van der Waals surface area contributed by atoms with Crippen LogP contribution in [0.3, 0.4) is 0 Å². The number of aromatic nitrogens is 4. The molecule has 0 aliphatic heterocycles. The van der Waals surface area contributed by atoms with E-state index < -0.39 is 0 Å². The minimum Gasteiger partial charge on any atom is -0.337 e. The van der Waals surface area contributed by atoms with Gasteiger partial charge in [-0.05, 0) is 25.2 Å². The van der Waals surface area contributed by atoms with Crippen molar-refractivity contribution in [2.45, 2.75) is 45.7 Å². The number of nitrogens with zero attached hydrogens (tertiary/aromatic N) is 3. The van der Waals surface area contributed by atoms with Gasteiger partial charge in [-0.1, -0.05) is 20.8 Å². The molecule has 0 fully saturated rings. The van der Waals surface area contributed by atoms with E-state index in [9.17, 15) is 0 Å². The SMILES string of the molecule is CC(Cn1cccn1)n1c(C(C)(C)C)c[nH]c1=S. The van der Waals surface area contributed by atoms with Gasteiger partial charge < -0.3 is 9.55 Å². The number of nitrogens with one attached hydrogen (secondary N) is 1. The molecule has 2 aromatic rings. The van der Waals surface area contributed by atoms with Crippen LogP contribution in [0.25, 0.3) is 0 Å². The van der Waals surface area contributed by atoms with Gasteiger partial charge in [0.15, 0.2) is 4.77 Å². The van der Waals surface area contributed by atoms with Crippen molar-refractivity contribution >= 4 is 12.2 Å². The molecule has 1 atom stereocenters. The van der Waals surface area contributed by atoms with Crippen LogP contribution >= 0.6 is 12.2 Å². The van der Waals surface area contributed by atoms with Gasteiger partial charge in [-0.15, -0.1) is 0 Å². The second-order valence-corrected chi connectivity index (χ2v) is 6.06. The van der Waals surface area contributed by atoms with Gasteiger partial charge in [0.1, 0.15) is 0 Å². The molecule has 0 amide bonds. The molecular weight excluding hydrogens is 244 g/mol. The van der Waals surface area contributed by atoms with Crippen LogP contribution in [0.1, 0.15) is 39.4 Å². The lowest BCUT2D eigenvalue weighted by Crippen LogP contribution is -2.22. The first-order valence-corrected chi connectivity index (χ1v) is 6.58. The van der Waals surface area contributed by atoms with Gasteiger partial charge in [0.05, 0.1) is 12.6 Å². The third-order valence-electron chi connectivity index (χ3n) is 3.03. The molecule has 1 N–H and O–H groups in total. The summed E-state index contributed by atoms with van der Waals surface area (Å²) in [6.07, 6.45) is 5.79. The summed E-state index contributed by atoms with van der Waals surface area (Å²) >= 11 is 5.39. The van der Waals surface area contributed by atoms with E-state index in [-0.39, 0.29) is 11.5 Å². The molecule has 0 aliphatic rings. The molecule has 4 nitrogen and oxygen atoms in total. The highest BCUT2D eigenvalue weighted by Gasteiger charge is 2.22. The molecule has 0 bridgehead atoms. The molecule has 18 heavy (non-hydrogen) atoms. The minimum absolute atomic E-state index is 0.0753. The highest BCUT2D eigenvalue weighted by atomic mass is 32.1. The summed E-state index contributed by atoms with van der Waals surface area (Å²) in [6.45, 7) is 9.58. The molecule has 2 heterocycles. The molecule has 98 valence electrons. The Bertz CT molecular complexity index is 557. The van der Waals surface area contributed by atoms with Crippen molar-refractivity contribution in [1.29, 1.82) is 0 Å². The third-order valence-corrected chi connectivity index (χ3v) is 3.34. The largest absolute Gasteiger partial charge is 0.337 e. The predicted octanol–water partition coefficient (Wildman–Crippen LogP) is 3.30. The smallest absolute Gasteiger partial charge is 0.177 e. The lowest BCUT2D eigenvalue weighted by molar-refractivity contribution is 0.399. The number of rotatable bonds is 3. The van der Waals surface area contributed by atoms with Gasteiger partial charge in [0.2, 0.25) is 0 Å². The van der Waals surface area contributed by atoms with Gasteiger partial charge in [-0.2, -0.15) is 5.10 Å². The topological polar surface area (TPSA) is 38.5 Å². The van der Waals surface area contributed by atoms with Crippen LogP contribution in [-0.2, 0) is 12.0 Å². The summed E-state index contributed by atoms with van der Waals surface area (Å²) in [5.41, 5.74) is 1.30. The average molecular weight is 264 g/mol. The second-order valence-electron chi connectivity index (χ2n) is 5.68. The highest BCUT2D eigenvalue weighted by molar-refractivity contribution is 7.71. The molecular formula is C13H20N4S. The standard InChI is InChI=1S/C13H20N4S/c1-10(9-16-7-5-6-15-16)17-11(13(2,3)4)8-14-12(17)18/h5-8,10H,9H2,1-4H3,(H,14,18). The van der Waals surface area contributed by atoms with Gasteiger partial charge in [0.25, 0.3) is 0 Å². The Labute approximate surface area is 113 Å². The van der Waals surface area contributed by atoms with E-state index >= 15 is 0 Å². The summed E-state index contributed by atoms with van der Waals surface area (Å²) in [5, 5.41) is 4.25. The molecule has 0 aromatic carbocycles. The molecule has 2 aromatic heterocycles. The first-order valence-electron chi connectivity index (χ1n) is 6.17. The van der Waals surface area contributed by atoms with Crippen LogP contribution in [0.2, 0.25) is 0 Å². The maximum atomic E-state index is 5.39. The number of H-pyrrole nitrogens is 1. The zero-order chi connectivity index (χ0) is 13.3. The van der Waals surface area contributed by atoms with Crippen molar-refractivity contribution in [2.75, 3.05) is 0 Å². The molecule has 5 heteroatoms. The third kappa shape index (κ3) is 2.56. The molecule has 0 aliphatic carbocycles. The molecule has 0 saturated heterocycles. The Morgan fingerprint density at radius 3 is 2.72 bits per heavy atom. The van der Waals surface area contributed by atoms with Crippen molar-refractivity contribution in [3.05, 3.63) is 35.1 Å². The van der Waals surface area contributed by atoms with Crippen molar-refractivity contribution in [1.82, 2.24) is 19.3 Å².